The molecule has 0 N–H and O–H groups in total. The third-order valence-electron chi connectivity index (χ3n) is 4.89. The van der Waals surface area contributed by atoms with Crippen LogP contribution >= 0.6 is 0 Å². The minimum absolute atomic E-state index is 0.674. The maximum absolute atomic E-state index is 5.65. The summed E-state index contributed by atoms with van der Waals surface area (Å²) in [5, 5.41) is 0. The third kappa shape index (κ3) is 0.618. The Labute approximate surface area is 73.5 Å². The topological polar surface area (TPSA) is 9.23 Å². The number of rotatable bonds is 1. The second-order valence-electron chi connectivity index (χ2n) is 5.39. The fourth-order valence-electron chi connectivity index (χ4n) is 4.10. The molecule has 0 aromatic rings. The van der Waals surface area contributed by atoms with Crippen LogP contribution in [0.5, 0.6) is 0 Å². The van der Waals surface area contributed by atoms with Gasteiger partial charge in [0, 0.05) is 7.11 Å². The summed E-state index contributed by atoms with van der Waals surface area (Å²) in [6.07, 6.45) is 5.26. The van der Waals surface area contributed by atoms with Crippen LogP contribution in [0, 0.1) is 35.5 Å². The van der Waals surface area contributed by atoms with Crippen molar-refractivity contribution in [1.29, 1.82) is 0 Å². The molecule has 1 unspecified atom stereocenters. The van der Waals surface area contributed by atoms with Gasteiger partial charge < -0.3 is 4.74 Å². The summed E-state index contributed by atoms with van der Waals surface area (Å²) in [4.78, 5) is 0. The molecule has 12 heavy (non-hydrogen) atoms. The van der Waals surface area contributed by atoms with E-state index in [0.717, 1.165) is 35.5 Å². The van der Waals surface area contributed by atoms with Crippen LogP contribution in [0.1, 0.15) is 19.3 Å². The smallest absolute Gasteiger partial charge is 0.0633 e. The number of methoxy groups -OCH3 is 1. The fraction of sp³-hybridized carbons (Fsp3) is 1.00. The summed E-state index contributed by atoms with van der Waals surface area (Å²) in [7, 11) is 1.92. The normalized spacial score (nSPS) is 70.2. The Morgan fingerprint density at radius 1 is 0.750 bits per heavy atom. The summed E-state index contributed by atoms with van der Waals surface area (Å²) in [5.74, 6) is 6.50. The van der Waals surface area contributed by atoms with Crippen LogP contribution in [-0.4, -0.2) is 13.2 Å². The maximum Gasteiger partial charge on any atom is 0.0633 e. The first-order valence-corrected chi connectivity index (χ1v) is 5.43. The first-order valence-electron chi connectivity index (χ1n) is 5.43. The van der Waals surface area contributed by atoms with Gasteiger partial charge in [-0.1, -0.05) is 0 Å². The minimum Gasteiger partial charge on any atom is -0.381 e. The van der Waals surface area contributed by atoms with Crippen molar-refractivity contribution in [1.82, 2.24) is 0 Å². The predicted octanol–water partition coefficient (Wildman–Crippen LogP) is 1.92. The predicted molar refractivity (Wildman–Crippen MR) is 45.6 cm³/mol. The van der Waals surface area contributed by atoms with Gasteiger partial charge in [0.05, 0.1) is 6.10 Å². The van der Waals surface area contributed by atoms with Crippen molar-refractivity contribution in [2.24, 2.45) is 35.5 Å². The summed E-state index contributed by atoms with van der Waals surface area (Å²) < 4.78 is 5.65. The van der Waals surface area contributed by atoms with Crippen molar-refractivity contribution in [3.63, 3.8) is 0 Å². The molecule has 66 valence electrons. The van der Waals surface area contributed by atoms with Gasteiger partial charge >= 0.3 is 0 Å². The van der Waals surface area contributed by atoms with Crippen molar-refractivity contribution in [2.45, 2.75) is 25.4 Å². The molecule has 0 bridgehead atoms. The van der Waals surface area contributed by atoms with E-state index in [2.05, 4.69) is 0 Å². The largest absolute Gasteiger partial charge is 0.381 e. The lowest BCUT2D eigenvalue weighted by Crippen LogP contribution is -2.17. The van der Waals surface area contributed by atoms with Crippen LogP contribution in [0.4, 0.5) is 0 Å². The Bertz CT molecular complexity index is 215. The molecule has 0 aliphatic heterocycles. The van der Waals surface area contributed by atoms with Crippen LogP contribution in [0.25, 0.3) is 0 Å². The zero-order valence-corrected chi connectivity index (χ0v) is 7.57. The van der Waals surface area contributed by atoms with E-state index < -0.39 is 0 Å². The highest BCUT2D eigenvalue weighted by atomic mass is 16.5. The molecule has 0 aromatic carbocycles. The van der Waals surface area contributed by atoms with Crippen molar-refractivity contribution in [3.05, 3.63) is 0 Å². The van der Waals surface area contributed by atoms with Crippen LogP contribution in [0.3, 0.4) is 0 Å². The lowest BCUT2D eigenvalue weighted by molar-refractivity contribution is 0.0592. The van der Waals surface area contributed by atoms with E-state index in [1.165, 1.54) is 12.8 Å². The van der Waals surface area contributed by atoms with E-state index in [0.29, 0.717) is 6.10 Å². The molecule has 4 fully saturated rings. The number of hydrogen-bond donors (Lipinski definition) is 0. The molecule has 1 nitrogen and oxygen atoms in total. The molecule has 0 amide bonds. The average Bonchev–Trinajstić information content (AvgIpc) is 2.87. The summed E-state index contributed by atoms with van der Waals surface area (Å²) in [5.41, 5.74) is 0. The molecule has 0 saturated heterocycles. The van der Waals surface area contributed by atoms with Crippen LogP contribution in [-0.2, 0) is 4.74 Å². The molecule has 0 radical (unpaired) electrons. The van der Waals surface area contributed by atoms with E-state index in [-0.39, 0.29) is 0 Å². The molecule has 4 aliphatic carbocycles. The van der Waals surface area contributed by atoms with Gasteiger partial charge in [0.2, 0.25) is 0 Å². The van der Waals surface area contributed by atoms with Crippen molar-refractivity contribution in [3.8, 4) is 0 Å². The monoisotopic (exact) mass is 164 g/mol. The Balaban J connectivity index is 1.67. The van der Waals surface area contributed by atoms with E-state index in [9.17, 15) is 0 Å². The first-order chi connectivity index (χ1) is 5.90. The molecular weight excluding hydrogens is 148 g/mol. The number of ether oxygens (including phenoxy) is 1. The third-order valence-corrected chi connectivity index (χ3v) is 4.89. The van der Waals surface area contributed by atoms with Gasteiger partial charge in [-0.05, 0) is 54.8 Å². The fourth-order valence-corrected chi connectivity index (χ4v) is 4.10. The molecule has 4 rings (SSSR count). The van der Waals surface area contributed by atoms with Crippen molar-refractivity contribution < 1.29 is 4.74 Å². The van der Waals surface area contributed by atoms with Gasteiger partial charge in [0.25, 0.3) is 0 Å². The highest BCUT2D eigenvalue weighted by Crippen LogP contribution is 2.72. The lowest BCUT2D eigenvalue weighted by atomic mass is 10.1. The van der Waals surface area contributed by atoms with Gasteiger partial charge in [0.1, 0.15) is 0 Å². The second kappa shape index (κ2) is 1.75. The first kappa shape index (κ1) is 6.42. The standard InChI is InChI=1S/C11H16O/c1-12-11-9-3-7(9)5-2-6(5)8-4-10(8)11/h5-11H,2-4H2,1H3/t5-,6+,7-,8+,9-,10+,11?. The van der Waals surface area contributed by atoms with Crippen LogP contribution in [0.2, 0.25) is 0 Å². The summed E-state index contributed by atoms with van der Waals surface area (Å²) in [6, 6.07) is 0. The molecule has 7 atom stereocenters. The van der Waals surface area contributed by atoms with E-state index in [4.69, 9.17) is 4.74 Å². The van der Waals surface area contributed by atoms with Crippen LogP contribution in [0.15, 0.2) is 0 Å². The van der Waals surface area contributed by atoms with Gasteiger partial charge in [0.15, 0.2) is 0 Å². The Kier molecular flexibility index (Phi) is 0.934. The molecular formula is C11H16O. The molecule has 4 saturated carbocycles. The second-order valence-corrected chi connectivity index (χ2v) is 5.39. The Hall–Kier alpha value is -0.0400. The minimum atomic E-state index is 0.674. The Morgan fingerprint density at radius 3 is 1.67 bits per heavy atom. The van der Waals surface area contributed by atoms with E-state index >= 15 is 0 Å². The molecule has 0 heterocycles. The maximum atomic E-state index is 5.65. The zero-order valence-electron chi connectivity index (χ0n) is 7.57. The summed E-state index contributed by atoms with van der Waals surface area (Å²) >= 11 is 0. The van der Waals surface area contributed by atoms with E-state index in [1.807, 2.05) is 7.11 Å². The zero-order chi connectivity index (χ0) is 7.87. The molecule has 0 aromatic heterocycles. The van der Waals surface area contributed by atoms with Gasteiger partial charge in [-0.3, -0.25) is 0 Å². The quantitative estimate of drug-likeness (QED) is 0.575. The molecule has 1 heteroatoms. The Morgan fingerprint density at radius 2 is 1.17 bits per heavy atom. The average molecular weight is 164 g/mol. The summed E-state index contributed by atoms with van der Waals surface area (Å²) in [6.45, 7) is 0. The lowest BCUT2D eigenvalue weighted by Gasteiger charge is -2.13. The van der Waals surface area contributed by atoms with Crippen LogP contribution < -0.4 is 0 Å². The van der Waals surface area contributed by atoms with Gasteiger partial charge in [-0.15, -0.1) is 0 Å². The molecule has 0 spiro atoms. The number of fused-ring (bicyclic) bond motifs is 5. The van der Waals surface area contributed by atoms with Crippen molar-refractivity contribution in [2.75, 3.05) is 7.11 Å². The molecule has 4 aliphatic rings. The van der Waals surface area contributed by atoms with E-state index in [1.54, 1.807) is 6.42 Å². The highest BCUT2D eigenvalue weighted by molar-refractivity contribution is 5.17. The van der Waals surface area contributed by atoms with Gasteiger partial charge in [-0.25, -0.2) is 0 Å². The SMILES string of the molecule is COC1[C@H]2C[C@H]2[C@H]2C[C@H]2[C@H]2C[C@@H]12. The number of hydrogen-bond acceptors (Lipinski definition) is 1. The highest BCUT2D eigenvalue weighted by Gasteiger charge is 2.68. The van der Waals surface area contributed by atoms with Gasteiger partial charge in [-0.2, -0.15) is 0 Å². The van der Waals surface area contributed by atoms with Crippen molar-refractivity contribution >= 4 is 0 Å².